The molecule has 0 saturated carbocycles. The fourth-order valence-electron chi connectivity index (χ4n) is 2.85. The minimum Gasteiger partial charge on any atom is -0.381 e. The zero-order chi connectivity index (χ0) is 13.9. The number of hydrogen-bond donors (Lipinski definition) is 2. The summed E-state index contributed by atoms with van der Waals surface area (Å²) in [7, 11) is 2.12. The van der Waals surface area contributed by atoms with Crippen molar-refractivity contribution >= 4 is 17.3 Å². The normalized spacial score (nSPS) is 23.2. The first kappa shape index (κ1) is 13.2. The summed E-state index contributed by atoms with van der Waals surface area (Å²) in [4.78, 5) is 16.9. The van der Waals surface area contributed by atoms with E-state index in [1.165, 1.54) is 0 Å². The summed E-state index contributed by atoms with van der Waals surface area (Å²) in [6.45, 7) is 4.38. The third-order valence-corrected chi connectivity index (χ3v) is 4.08. The zero-order valence-electron chi connectivity index (χ0n) is 11.9. The van der Waals surface area contributed by atoms with Gasteiger partial charge in [0.15, 0.2) is 0 Å². The largest absolute Gasteiger partial charge is 0.381 e. The number of anilines is 2. The molecule has 5 heteroatoms. The molecule has 2 aliphatic rings. The molecule has 0 spiro atoms. The number of hydrogen-bond acceptors (Lipinski definition) is 4. The second-order valence-electron chi connectivity index (χ2n) is 5.61. The maximum atomic E-state index is 12.6. The fourth-order valence-corrected chi connectivity index (χ4v) is 2.85. The van der Waals surface area contributed by atoms with E-state index in [1.54, 1.807) is 0 Å². The number of carbonyl (C=O) groups excluding carboxylic acids is 1. The van der Waals surface area contributed by atoms with Crippen LogP contribution >= 0.6 is 0 Å². The summed E-state index contributed by atoms with van der Waals surface area (Å²) < 4.78 is 0. The van der Waals surface area contributed by atoms with Gasteiger partial charge in [-0.25, -0.2) is 0 Å². The van der Waals surface area contributed by atoms with Crippen LogP contribution in [0.4, 0.5) is 11.4 Å². The fraction of sp³-hybridized carbons (Fsp3) is 0.533. The average Bonchev–Trinajstić information content (AvgIpc) is 2.71. The Balaban J connectivity index is 1.66. The summed E-state index contributed by atoms with van der Waals surface area (Å²) in [6, 6.07) is 7.87. The lowest BCUT2D eigenvalue weighted by atomic mass is 10.1. The molecule has 3 rings (SSSR count). The van der Waals surface area contributed by atoms with Gasteiger partial charge in [-0.2, -0.15) is 0 Å². The van der Waals surface area contributed by atoms with Gasteiger partial charge in [0.25, 0.3) is 0 Å². The lowest BCUT2D eigenvalue weighted by Crippen LogP contribution is -2.49. The Morgan fingerprint density at radius 1 is 1.15 bits per heavy atom. The van der Waals surface area contributed by atoms with Crippen molar-refractivity contribution in [2.75, 3.05) is 50.4 Å². The van der Waals surface area contributed by atoms with Gasteiger partial charge < -0.3 is 20.4 Å². The van der Waals surface area contributed by atoms with E-state index in [9.17, 15) is 4.79 Å². The SMILES string of the molecule is CN1CCCN(C(=O)C2CNc3ccccc3N2)CC1. The molecule has 1 aromatic rings. The topological polar surface area (TPSA) is 47.6 Å². The molecule has 1 fully saturated rings. The molecule has 0 aliphatic carbocycles. The molecule has 1 unspecified atom stereocenters. The summed E-state index contributed by atoms with van der Waals surface area (Å²) >= 11 is 0. The number of nitrogens with zero attached hydrogens (tertiary/aromatic N) is 2. The smallest absolute Gasteiger partial charge is 0.246 e. The van der Waals surface area contributed by atoms with E-state index < -0.39 is 0 Å². The highest BCUT2D eigenvalue weighted by molar-refractivity contribution is 5.88. The highest BCUT2D eigenvalue weighted by atomic mass is 16.2. The zero-order valence-corrected chi connectivity index (χ0v) is 11.9. The van der Waals surface area contributed by atoms with Gasteiger partial charge in [0.2, 0.25) is 5.91 Å². The minimum absolute atomic E-state index is 0.159. The van der Waals surface area contributed by atoms with E-state index in [0.717, 1.165) is 44.0 Å². The van der Waals surface area contributed by atoms with Crippen LogP contribution in [0.2, 0.25) is 0 Å². The van der Waals surface area contributed by atoms with Crippen LogP contribution in [0.15, 0.2) is 24.3 Å². The second kappa shape index (κ2) is 5.71. The highest BCUT2D eigenvalue weighted by Gasteiger charge is 2.28. The molecule has 5 nitrogen and oxygen atoms in total. The standard InChI is InChI=1S/C15H22N4O/c1-18-7-4-8-19(10-9-18)15(20)14-11-16-12-5-2-3-6-13(12)17-14/h2-3,5-6,14,16-17H,4,7-11H2,1H3. The molecule has 108 valence electrons. The number of benzene rings is 1. The van der Waals surface area contributed by atoms with E-state index in [4.69, 9.17) is 0 Å². The molecule has 1 atom stereocenters. The first-order valence-corrected chi connectivity index (χ1v) is 7.31. The molecular weight excluding hydrogens is 252 g/mol. The van der Waals surface area contributed by atoms with Crippen LogP contribution in [0.1, 0.15) is 6.42 Å². The lowest BCUT2D eigenvalue weighted by Gasteiger charge is -2.31. The molecular formula is C15H22N4O. The van der Waals surface area contributed by atoms with Crippen molar-refractivity contribution in [2.45, 2.75) is 12.5 Å². The van der Waals surface area contributed by atoms with Crippen LogP contribution < -0.4 is 10.6 Å². The number of carbonyl (C=O) groups is 1. The molecule has 2 heterocycles. The van der Waals surface area contributed by atoms with Crippen LogP contribution in [0.3, 0.4) is 0 Å². The van der Waals surface area contributed by atoms with E-state index in [2.05, 4.69) is 22.6 Å². The summed E-state index contributed by atoms with van der Waals surface area (Å²) in [5, 5.41) is 6.70. The number of likely N-dealkylation sites (N-methyl/N-ethyl adjacent to an activating group) is 1. The van der Waals surface area contributed by atoms with Crippen LogP contribution in [-0.4, -0.2) is 61.5 Å². The third-order valence-electron chi connectivity index (χ3n) is 4.08. The Bertz CT molecular complexity index is 491. The van der Waals surface area contributed by atoms with Gasteiger partial charge in [0, 0.05) is 26.2 Å². The maximum Gasteiger partial charge on any atom is 0.246 e. The van der Waals surface area contributed by atoms with Gasteiger partial charge in [0.05, 0.1) is 11.4 Å². The molecule has 2 N–H and O–H groups in total. The Hall–Kier alpha value is -1.75. The highest BCUT2D eigenvalue weighted by Crippen LogP contribution is 2.25. The quantitative estimate of drug-likeness (QED) is 0.804. The number of fused-ring (bicyclic) bond motifs is 1. The second-order valence-corrected chi connectivity index (χ2v) is 5.61. The monoisotopic (exact) mass is 274 g/mol. The van der Waals surface area contributed by atoms with Gasteiger partial charge in [-0.1, -0.05) is 12.1 Å². The van der Waals surface area contributed by atoms with E-state index in [-0.39, 0.29) is 11.9 Å². The molecule has 0 aromatic heterocycles. The van der Waals surface area contributed by atoms with Gasteiger partial charge in [-0.15, -0.1) is 0 Å². The summed E-state index contributed by atoms with van der Waals surface area (Å²) in [5.74, 6) is 0.210. The van der Waals surface area contributed by atoms with Crippen LogP contribution in [0.25, 0.3) is 0 Å². The van der Waals surface area contributed by atoms with Crippen molar-refractivity contribution in [2.24, 2.45) is 0 Å². The predicted molar refractivity (Wildman–Crippen MR) is 81.0 cm³/mol. The number of nitrogens with one attached hydrogen (secondary N) is 2. The Morgan fingerprint density at radius 2 is 1.95 bits per heavy atom. The number of para-hydroxylation sites is 2. The summed E-state index contributed by atoms with van der Waals surface area (Å²) in [6.07, 6.45) is 1.05. The lowest BCUT2D eigenvalue weighted by molar-refractivity contribution is -0.131. The summed E-state index contributed by atoms with van der Waals surface area (Å²) in [5.41, 5.74) is 2.09. The molecule has 0 bridgehead atoms. The number of rotatable bonds is 1. The molecule has 0 radical (unpaired) electrons. The van der Waals surface area contributed by atoms with Crippen LogP contribution in [0.5, 0.6) is 0 Å². The molecule has 20 heavy (non-hydrogen) atoms. The van der Waals surface area contributed by atoms with E-state index >= 15 is 0 Å². The van der Waals surface area contributed by atoms with Crippen molar-refractivity contribution in [1.82, 2.24) is 9.80 Å². The van der Waals surface area contributed by atoms with Crippen molar-refractivity contribution < 1.29 is 4.79 Å². The third kappa shape index (κ3) is 2.72. The van der Waals surface area contributed by atoms with Crippen molar-refractivity contribution in [3.63, 3.8) is 0 Å². The van der Waals surface area contributed by atoms with Gasteiger partial charge in [-0.05, 0) is 32.1 Å². The molecule has 2 aliphatic heterocycles. The van der Waals surface area contributed by atoms with Crippen molar-refractivity contribution in [3.8, 4) is 0 Å². The number of amides is 1. The molecule has 1 amide bonds. The maximum absolute atomic E-state index is 12.6. The Morgan fingerprint density at radius 3 is 2.80 bits per heavy atom. The predicted octanol–water partition coefficient (Wildman–Crippen LogP) is 1.06. The average molecular weight is 274 g/mol. The molecule has 1 saturated heterocycles. The first-order chi connectivity index (χ1) is 9.74. The van der Waals surface area contributed by atoms with Crippen LogP contribution in [0, 0.1) is 0 Å². The van der Waals surface area contributed by atoms with Crippen LogP contribution in [-0.2, 0) is 4.79 Å². The van der Waals surface area contributed by atoms with Gasteiger partial charge >= 0.3 is 0 Å². The van der Waals surface area contributed by atoms with E-state index in [0.29, 0.717) is 6.54 Å². The molecule has 1 aromatic carbocycles. The van der Waals surface area contributed by atoms with Crippen molar-refractivity contribution in [3.05, 3.63) is 24.3 Å². The minimum atomic E-state index is -0.159. The first-order valence-electron chi connectivity index (χ1n) is 7.31. The van der Waals surface area contributed by atoms with Gasteiger partial charge in [0.1, 0.15) is 6.04 Å². The van der Waals surface area contributed by atoms with E-state index in [1.807, 2.05) is 29.2 Å². The Kier molecular flexibility index (Phi) is 3.78. The Labute approximate surface area is 119 Å². The van der Waals surface area contributed by atoms with Crippen molar-refractivity contribution in [1.29, 1.82) is 0 Å². The van der Waals surface area contributed by atoms with Gasteiger partial charge in [-0.3, -0.25) is 4.79 Å².